The molecule has 0 N–H and O–H groups in total. The van der Waals surface area contributed by atoms with Crippen molar-refractivity contribution in [3.63, 3.8) is 0 Å². The summed E-state index contributed by atoms with van der Waals surface area (Å²) in [6.07, 6.45) is 1.98. The van der Waals surface area contributed by atoms with Crippen molar-refractivity contribution in [2.24, 2.45) is 20.5 Å². The van der Waals surface area contributed by atoms with Crippen molar-refractivity contribution >= 4 is 22.9 Å². The molecule has 0 fully saturated rings. The summed E-state index contributed by atoms with van der Waals surface area (Å²) in [6.45, 7) is 0. The molecule has 2 aromatic heterocycles. The van der Waals surface area contributed by atoms with Crippen molar-refractivity contribution in [2.75, 3.05) is 19.0 Å². The van der Waals surface area contributed by atoms with Gasteiger partial charge in [0.15, 0.2) is 5.82 Å². The first kappa shape index (κ1) is 19.7. The van der Waals surface area contributed by atoms with Crippen LogP contribution in [0.25, 0.3) is 0 Å². The Morgan fingerprint density at radius 3 is 2.31 bits per heavy atom. The smallest absolute Gasteiger partial charge is 0.287 e. The van der Waals surface area contributed by atoms with E-state index in [4.69, 9.17) is 0 Å². The SMILES string of the molecule is CN(C)c1ccc(N=NC(N=Nc2ccc([N+](=O)[O-])cn2)c2ccccn2)cc1. The van der Waals surface area contributed by atoms with Crippen molar-refractivity contribution < 1.29 is 4.92 Å². The second-order valence-corrected chi connectivity index (χ2v) is 6.10. The maximum Gasteiger partial charge on any atom is 0.287 e. The van der Waals surface area contributed by atoms with Crippen molar-refractivity contribution in [2.45, 2.75) is 6.17 Å². The standard InChI is InChI=1S/C19H18N8O2/c1-26(2)15-8-6-14(7-9-15)22-24-19(17-5-3-4-12-20-17)25-23-18-11-10-16(13-21-18)27(28)29/h3-13,19H,1-2H3. The van der Waals surface area contributed by atoms with Crippen molar-refractivity contribution in [3.8, 4) is 0 Å². The Bertz CT molecular complexity index is 1000. The summed E-state index contributed by atoms with van der Waals surface area (Å²) in [7, 11) is 3.92. The van der Waals surface area contributed by atoms with Gasteiger partial charge in [-0.15, -0.1) is 5.11 Å². The van der Waals surface area contributed by atoms with Crippen LogP contribution in [0.3, 0.4) is 0 Å². The average molecular weight is 390 g/mol. The highest BCUT2D eigenvalue weighted by atomic mass is 16.6. The number of anilines is 1. The highest BCUT2D eigenvalue weighted by Crippen LogP contribution is 2.24. The minimum atomic E-state index is -0.776. The molecule has 1 atom stereocenters. The maximum atomic E-state index is 10.7. The highest BCUT2D eigenvalue weighted by molar-refractivity contribution is 5.51. The summed E-state index contributed by atoms with van der Waals surface area (Å²) >= 11 is 0. The molecule has 0 spiro atoms. The molecule has 0 aliphatic carbocycles. The van der Waals surface area contributed by atoms with E-state index in [-0.39, 0.29) is 11.5 Å². The fourth-order valence-corrected chi connectivity index (χ4v) is 2.27. The van der Waals surface area contributed by atoms with E-state index in [9.17, 15) is 10.1 Å². The second kappa shape index (κ2) is 9.22. The second-order valence-electron chi connectivity index (χ2n) is 6.10. The van der Waals surface area contributed by atoms with Gasteiger partial charge in [-0.1, -0.05) is 6.07 Å². The molecule has 0 radical (unpaired) electrons. The molecular formula is C19H18N8O2. The lowest BCUT2D eigenvalue weighted by atomic mass is 10.3. The van der Waals surface area contributed by atoms with Crippen LogP contribution in [0.5, 0.6) is 0 Å². The van der Waals surface area contributed by atoms with Gasteiger partial charge in [-0.25, -0.2) is 4.98 Å². The molecule has 0 saturated heterocycles. The quantitative estimate of drug-likeness (QED) is 0.318. The first-order valence-corrected chi connectivity index (χ1v) is 8.63. The molecule has 0 bridgehead atoms. The molecule has 1 aromatic carbocycles. The van der Waals surface area contributed by atoms with E-state index in [1.807, 2.05) is 49.3 Å². The molecule has 0 saturated carbocycles. The molecule has 146 valence electrons. The molecule has 10 nitrogen and oxygen atoms in total. The van der Waals surface area contributed by atoms with Gasteiger partial charge < -0.3 is 4.90 Å². The normalized spacial score (nSPS) is 12.3. The van der Waals surface area contributed by atoms with Crippen LogP contribution in [0.15, 0.2) is 87.4 Å². The maximum absolute atomic E-state index is 10.7. The summed E-state index contributed by atoms with van der Waals surface area (Å²) in [4.78, 5) is 20.3. The zero-order valence-electron chi connectivity index (χ0n) is 15.8. The number of benzene rings is 1. The van der Waals surface area contributed by atoms with Crippen LogP contribution in [-0.4, -0.2) is 29.0 Å². The lowest BCUT2D eigenvalue weighted by molar-refractivity contribution is -0.385. The molecule has 29 heavy (non-hydrogen) atoms. The lowest BCUT2D eigenvalue weighted by Gasteiger charge is -2.11. The number of hydrogen-bond donors (Lipinski definition) is 0. The third kappa shape index (κ3) is 5.45. The minimum Gasteiger partial charge on any atom is -0.378 e. The van der Waals surface area contributed by atoms with Gasteiger partial charge in [0.2, 0.25) is 6.17 Å². The van der Waals surface area contributed by atoms with Gasteiger partial charge in [0, 0.05) is 32.0 Å². The predicted molar refractivity (Wildman–Crippen MR) is 108 cm³/mol. The molecule has 0 aliphatic heterocycles. The highest BCUT2D eigenvalue weighted by Gasteiger charge is 2.11. The number of pyridine rings is 2. The zero-order chi connectivity index (χ0) is 20.6. The van der Waals surface area contributed by atoms with Crippen molar-refractivity contribution in [3.05, 3.63) is 82.8 Å². The number of aromatic nitrogens is 2. The molecule has 10 heteroatoms. The Labute approximate surface area is 166 Å². The van der Waals surface area contributed by atoms with Gasteiger partial charge in [-0.2, -0.15) is 15.3 Å². The van der Waals surface area contributed by atoms with Crippen LogP contribution >= 0.6 is 0 Å². The van der Waals surface area contributed by atoms with Crippen LogP contribution < -0.4 is 4.90 Å². The summed E-state index contributed by atoms with van der Waals surface area (Å²) < 4.78 is 0. The number of nitro groups is 1. The van der Waals surface area contributed by atoms with E-state index in [0.717, 1.165) is 11.9 Å². The molecule has 0 aliphatic rings. The lowest BCUT2D eigenvalue weighted by Crippen LogP contribution is -2.07. The Morgan fingerprint density at radius 1 is 0.966 bits per heavy atom. The molecule has 0 amide bonds. The van der Waals surface area contributed by atoms with Gasteiger partial charge in [0.25, 0.3) is 5.69 Å². The predicted octanol–water partition coefficient (Wildman–Crippen LogP) is 5.02. The van der Waals surface area contributed by atoms with Crippen molar-refractivity contribution in [1.29, 1.82) is 0 Å². The van der Waals surface area contributed by atoms with Gasteiger partial charge in [-0.3, -0.25) is 15.1 Å². The fourth-order valence-electron chi connectivity index (χ4n) is 2.27. The fraction of sp³-hybridized carbons (Fsp3) is 0.158. The van der Waals surface area contributed by atoms with E-state index in [1.54, 1.807) is 18.3 Å². The molecule has 1 unspecified atom stereocenters. The summed E-state index contributed by atoms with van der Waals surface area (Å²) in [5.74, 6) is 0.224. The zero-order valence-corrected chi connectivity index (χ0v) is 15.8. The van der Waals surface area contributed by atoms with Gasteiger partial charge in [0.05, 0.1) is 16.3 Å². The Kier molecular flexibility index (Phi) is 6.25. The Hall–Kier alpha value is -4.08. The average Bonchev–Trinajstić information content (AvgIpc) is 2.75. The van der Waals surface area contributed by atoms with Crippen LogP contribution in [0.1, 0.15) is 11.9 Å². The number of nitrogens with zero attached hydrogens (tertiary/aromatic N) is 8. The van der Waals surface area contributed by atoms with Gasteiger partial charge >= 0.3 is 0 Å². The first-order chi connectivity index (χ1) is 14.0. The number of azo groups is 2. The van der Waals surface area contributed by atoms with E-state index >= 15 is 0 Å². The van der Waals surface area contributed by atoms with Crippen LogP contribution in [0.4, 0.5) is 22.9 Å². The molecule has 2 heterocycles. The third-order valence-corrected chi connectivity index (χ3v) is 3.81. The number of rotatable bonds is 7. The Morgan fingerprint density at radius 2 is 1.72 bits per heavy atom. The molecular weight excluding hydrogens is 372 g/mol. The van der Waals surface area contributed by atoms with E-state index in [0.29, 0.717) is 11.4 Å². The monoisotopic (exact) mass is 390 g/mol. The van der Waals surface area contributed by atoms with Crippen LogP contribution in [0, 0.1) is 10.1 Å². The summed E-state index contributed by atoms with van der Waals surface area (Å²) in [6, 6.07) is 15.7. The van der Waals surface area contributed by atoms with Gasteiger partial charge in [-0.05, 0) is 42.5 Å². The first-order valence-electron chi connectivity index (χ1n) is 8.63. The van der Waals surface area contributed by atoms with Crippen molar-refractivity contribution in [1.82, 2.24) is 9.97 Å². The topological polar surface area (TPSA) is 122 Å². The summed E-state index contributed by atoms with van der Waals surface area (Å²) in [5.41, 5.74) is 2.16. The summed E-state index contributed by atoms with van der Waals surface area (Å²) in [5, 5.41) is 27.4. The van der Waals surface area contributed by atoms with Crippen LogP contribution in [-0.2, 0) is 0 Å². The van der Waals surface area contributed by atoms with Gasteiger partial charge in [0.1, 0.15) is 6.20 Å². The van der Waals surface area contributed by atoms with E-state index in [2.05, 4.69) is 30.4 Å². The molecule has 3 aromatic rings. The Balaban J connectivity index is 1.82. The third-order valence-electron chi connectivity index (χ3n) is 3.81. The van der Waals surface area contributed by atoms with Crippen LogP contribution in [0.2, 0.25) is 0 Å². The number of hydrogen-bond acceptors (Lipinski definition) is 9. The largest absolute Gasteiger partial charge is 0.378 e. The minimum absolute atomic E-state index is 0.119. The van der Waals surface area contributed by atoms with E-state index < -0.39 is 11.1 Å². The van der Waals surface area contributed by atoms with E-state index in [1.165, 1.54) is 12.1 Å². The molecule has 3 rings (SSSR count).